The number of benzene rings is 2. The molecule has 2 aromatic rings. The summed E-state index contributed by atoms with van der Waals surface area (Å²) >= 11 is 13.5. The van der Waals surface area contributed by atoms with Crippen LogP contribution in [0.1, 0.15) is 11.1 Å². The molecule has 0 saturated carbocycles. The number of carbonyl (C=O) groups excluding carboxylic acids is 1. The molecule has 1 aliphatic rings. The maximum atomic E-state index is 12.1. The standard InChI is InChI=1S/C18H15Cl2N3O2S/c1-25-13-7-5-11(6-8-13)10-21-23-18-22-17(24)15(26-18)9-12-3-2-4-14(19)16(12)20/h2-8,10,15H,9H2,1H3,(H,22,23,24)/b21-10-/t15-/m0/s1. The van der Waals surface area contributed by atoms with E-state index in [1.807, 2.05) is 36.4 Å². The van der Waals surface area contributed by atoms with Gasteiger partial charge in [0.15, 0.2) is 5.17 Å². The molecule has 1 saturated heterocycles. The molecule has 1 N–H and O–H groups in total. The highest BCUT2D eigenvalue weighted by Gasteiger charge is 2.31. The molecule has 0 spiro atoms. The Hall–Kier alpha value is -2.02. The molecule has 0 radical (unpaired) electrons. The van der Waals surface area contributed by atoms with E-state index in [9.17, 15) is 4.79 Å². The fourth-order valence-corrected chi connectivity index (χ4v) is 3.68. The first kappa shape index (κ1) is 18.8. The van der Waals surface area contributed by atoms with Gasteiger partial charge < -0.3 is 10.1 Å². The largest absolute Gasteiger partial charge is 0.497 e. The second kappa shape index (κ2) is 8.58. The second-order valence-corrected chi connectivity index (χ2v) is 7.41. The zero-order valence-electron chi connectivity index (χ0n) is 13.8. The van der Waals surface area contributed by atoms with Gasteiger partial charge in [0.05, 0.1) is 28.6 Å². The first-order valence-electron chi connectivity index (χ1n) is 7.72. The maximum Gasteiger partial charge on any atom is 0.239 e. The van der Waals surface area contributed by atoms with Crippen LogP contribution in [0.5, 0.6) is 5.75 Å². The van der Waals surface area contributed by atoms with Crippen molar-refractivity contribution in [2.24, 2.45) is 10.2 Å². The highest BCUT2D eigenvalue weighted by atomic mass is 35.5. The molecule has 1 fully saturated rings. The van der Waals surface area contributed by atoms with Crippen LogP contribution in [-0.4, -0.2) is 29.6 Å². The number of hydrogen-bond donors (Lipinski definition) is 1. The monoisotopic (exact) mass is 407 g/mol. The molecule has 1 aliphatic heterocycles. The summed E-state index contributed by atoms with van der Waals surface area (Å²) in [6.07, 6.45) is 2.08. The van der Waals surface area contributed by atoms with Crippen LogP contribution in [0.15, 0.2) is 52.7 Å². The van der Waals surface area contributed by atoms with Gasteiger partial charge in [-0.3, -0.25) is 4.79 Å². The van der Waals surface area contributed by atoms with Gasteiger partial charge in [0.2, 0.25) is 5.91 Å². The predicted molar refractivity (Wildman–Crippen MR) is 108 cm³/mol. The van der Waals surface area contributed by atoms with Crippen LogP contribution in [0.3, 0.4) is 0 Å². The molecule has 1 heterocycles. The predicted octanol–water partition coefficient (Wildman–Crippen LogP) is 4.17. The van der Waals surface area contributed by atoms with Crippen LogP contribution < -0.4 is 10.1 Å². The van der Waals surface area contributed by atoms with Crippen molar-refractivity contribution < 1.29 is 9.53 Å². The van der Waals surface area contributed by atoms with E-state index >= 15 is 0 Å². The van der Waals surface area contributed by atoms with Crippen LogP contribution in [-0.2, 0) is 11.2 Å². The van der Waals surface area contributed by atoms with Crippen molar-refractivity contribution in [2.45, 2.75) is 11.7 Å². The van der Waals surface area contributed by atoms with Crippen molar-refractivity contribution >= 4 is 52.3 Å². The lowest BCUT2D eigenvalue weighted by atomic mass is 10.1. The smallest absolute Gasteiger partial charge is 0.239 e. The van der Waals surface area contributed by atoms with Crippen molar-refractivity contribution in [3.63, 3.8) is 0 Å². The Labute approximate surface area is 165 Å². The summed E-state index contributed by atoms with van der Waals surface area (Å²) in [7, 11) is 1.61. The van der Waals surface area contributed by atoms with Crippen molar-refractivity contribution in [3.05, 3.63) is 63.6 Å². The molecule has 2 aromatic carbocycles. The van der Waals surface area contributed by atoms with Gasteiger partial charge in [-0.1, -0.05) is 47.1 Å². The minimum absolute atomic E-state index is 0.121. The molecule has 26 heavy (non-hydrogen) atoms. The van der Waals surface area contributed by atoms with Crippen LogP contribution >= 0.6 is 35.0 Å². The molecule has 134 valence electrons. The Morgan fingerprint density at radius 1 is 1.23 bits per heavy atom. The Morgan fingerprint density at radius 3 is 2.73 bits per heavy atom. The molecule has 0 bridgehead atoms. The van der Waals surface area contributed by atoms with E-state index < -0.39 is 0 Å². The van der Waals surface area contributed by atoms with E-state index in [2.05, 4.69) is 15.5 Å². The molecule has 0 aliphatic carbocycles. The summed E-state index contributed by atoms with van der Waals surface area (Å²) < 4.78 is 5.10. The number of nitrogens with zero attached hydrogens (tertiary/aromatic N) is 2. The van der Waals surface area contributed by atoms with E-state index in [4.69, 9.17) is 27.9 Å². The van der Waals surface area contributed by atoms with Crippen LogP contribution in [0.2, 0.25) is 10.0 Å². The van der Waals surface area contributed by atoms with Crippen molar-refractivity contribution in [1.29, 1.82) is 0 Å². The first-order chi connectivity index (χ1) is 12.6. The minimum Gasteiger partial charge on any atom is -0.497 e. The Balaban J connectivity index is 1.64. The summed E-state index contributed by atoms with van der Waals surface area (Å²) in [5, 5.41) is 11.9. The molecule has 0 unspecified atom stereocenters. The Morgan fingerprint density at radius 2 is 2.00 bits per heavy atom. The number of amides is 1. The number of amidine groups is 1. The number of ether oxygens (including phenoxy) is 1. The van der Waals surface area contributed by atoms with E-state index in [1.165, 1.54) is 11.8 Å². The quantitative estimate of drug-likeness (QED) is 0.597. The number of carbonyl (C=O) groups is 1. The summed E-state index contributed by atoms with van der Waals surface area (Å²) in [6, 6.07) is 12.8. The average molecular weight is 408 g/mol. The van der Waals surface area contributed by atoms with E-state index in [0.29, 0.717) is 21.6 Å². The third-order valence-electron chi connectivity index (χ3n) is 3.68. The van der Waals surface area contributed by atoms with Gasteiger partial charge >= 0.3 is 0 Å². The average Bonchev–Trinajstić information content (AvgIpc) is 2.99. The minimum atomic E-state index is -0.319. The fraction of sp³-hybridized carbons (Fsp3) is 0.167. The van der Waals surface area contributed by atoms with Gasteiger partial charge in [0, 0.05) is 0 Å². The lowest BCUT2D eigenvalue weighted by molar-refractivity contribution is -0.118. The molecule has 8 heteroatoms. The molecule has 5 nitrogen and oxygen atoms in total. The molecular weight excluding hydrogens is 393 g/mol. The third-order valence-corrected chi connectivity index (χ3v) is 5.61. The number of nitrogens with one attached hydrogen (secondary N) is 1. The lowest BCUT2D eigenvalue weighted by Crippen LogP contribution is -2.26. The number of halogens is 2. The zero-order valence-corrected chi connectivity index (χ0v) is 16.1. The number of methoxy groups -OCH3 is 1. The summed E-state index contributed by atoms with van der Waals surface area (Å²) in [4.78, 5) is 12.1. The lowest BCUT2D eigenvalue weighted by Gasteiger charge is -2.08. The SMILES string of the molecule is COc1ccc(/C=N\N=C2/NC(=O)[C@H](Cc3cccc(Cl)c3Cl)S2)cc1. The summed E-state index contributed by atoms with van der Waals surface area (Å²) in [6.45, 7) is 0. The topological polar surface area (TPSA) is 63.1 Å². The number of rotatable bonds is 5. The number of thioether (sulfide) groups is 1. The zero-order chi connectivity index (χ0) is 18.5. The maximum absolute atomic E-state index is 12.1. The number of hydrogen-bond acceptors (Lipinski definition) is 5. The van der Waals surface area contributed by atoms with E-state index in [-0.39, 0.29) is 11.2 Å². The highest BCUT2D eigenvalue weighted by molar-refractivity contribution is 8.15. The molecule has 1 atom stereocenters. The highest BCUT2D eigenvalue weighted by Crippen LogP contribution is 2.30. The van der Waals surface area contributed by atoms with Crippen LogP contribution in [0.4, 0.5) is 0 Å². The fourth-order valence-electron chi connectivity index (χ4n) is 2.33. The summed E-state index contributed by atoms with van der Waals surface area (Å²) in [5.74, 6) is 0.652. The van der Waals surface area contributed by atoms with Gasteiger partial charge in [-0.05, 0) is 47.9 Å². The normalized spacial score (nSPS) is 18.5. The van der Waals surface area contributed by atoms with E-state index in [0.717, 1.165) is 16.9 Å². The van der Waals surface area contributed by atoms with Crippen molar-refractivity contribution in [3.8, 4) is 5.75 Å². The molecule has 3 rings (SSSR count). The molecule has 0 aromatic heterocycles. The third kappa shape index (κ3) is 4.58. The van der Waals surface area contributed by atoms with Gasteiger partial charge in [-0.2, -0.15) is 5.10 Å². The van der Waals surface area contributed by atoms with Gasteiger partial charge in [-0.25, -0.2) is 0 Å². The van der Waals surface area contributed by atoms with Crippen molar-refractivity contribution in [2.75, 3.05) is 7.11 Å². The second-order valence-electron chi connectivity index (χ2n) is 5.44. The van der Waals surface area contributed by atoms with Gasteiger partial charge in [-0.15, -0.1) is 5.10 Å². The molecular formula is C18H15Cl2N3O2S. The van der Waals surface area contributed by atoms with Gasteiger partial charge in [0.1, 0.15) is 5.75 Å². The Kier molecular flexibility index (Phi) is 6.19. The van der Waals surface area contributed by atoms with E-state index in [1.54, 1.807) is 19.4 Å². The summed E-state index contributed by atoms with van der Waals surface area (Å²) in [5.41, 5.74) is 1.71. The first-order valence-corrected chi connectivity index (χ1v) is 9.36. The van der Waals surface area contributed by atoms with Gasteiger partial charge in [0.25, 0.3) is 0 Å². The van der Waals surface area contributed by atoms with Crippen LogP contribution in [0, 0.1) is 0 Å². The molecule has 1 amide bonds. The van der Waals surface area contributed by atoms with Crippen molar-refractivity contribution in [1.82, 2.24) is 5.32 Å². The Bertz CT molecular complexity index is 869. The van der Waals surface area contributed by atoms with Crippen LogP contribution in [0.25, 0.3) is 0 Å².